The highest BCUT2D eigenvalue weighted by molar-refractivity contribution is 14.0. The summed E-state index contributed by atoms with van der Waals surface area (Å²) in [6.07, 6.45) is 2.57. The fourth-order valence-electron chi connectivity index (χ4n) is 2.37. The van der Waals surface area contributed by atoms with Gasteiger partial charge in [0.25, 0.3) is 5.91 Å². The lowest BCUT2D eigenvalue weighted by Gasteiger charge is -2.13. The highest BCUT2D eigenvalue weighted by Gasteiger charge is 2.14. The maximum Gasteiger partial charge on any atom is 0.251 e. The van der Waals surface area contributed by atoms with Crippen LogP contribution in [0, 0.1) is 0 Å². The van der Waals surface area contributed by atoms with E-state index in [1.807, 2.05) is 42.1 Å². The van der Waals surface area contributed by atoms with Gasteiger partial charge in [0.15, 0.2) is 5.96 Å². The van der Waals surface area contributed by atoms with Gasteiger partial charge in [-0.3, -0.25) is 9.79 Å². The van der Waals surface area contributed by atoms with Crippen molar-refractivity contribution in [3.05, 3.63) is 35.9 Å². The zero-order valence-corrected chi connectivity index (χ0v) is 17.2. The second-order valence-corrected chi connectivity index (χ2v) is 6.81. The number of nitrogens with zero attached hydrogens (tertiary/aromatic N) is 1. The van der Waals surface area contributed by atoms with Crippen LogP contribution in [-0.4, -0.2) is 49.0 Å². The Bertz CT molecular complexity index is 507. The summed E-state index contributed by atoms with van der Waals surface area (Å²) in [5.41, 5.74) is 0.686. The zero-order valence-electron chi connectivity index (χ0n) is 14.1. The van der Waals surface area contributed by atoms with Crippen molar-refractivity contribution in [2.75, 3.05) is 31.9 Å². The first-order valence-electron chi connectivity index (χ1n) is 8.26. The average molecular weight is 462 g/mol. The Balaban J connectivity index is 0.00000288. The third kappa shape index (κ3) is 7.74. The molecule has 0 aliphatic carbocycles. The first-order chi connectivity index (χ1) is 11.3. The Kier molecular flexibility index (Phi) is 10.9. The number of rotatable bonds is 7. The summed E-state index contributed by atoms with van der Waals surface area (Å²) >= 11 is 2.01. The van der Waals surface area contributed by atoms with E-state index in [0.29, 0.717) is 23.9 Å². The van der Waals surface area contributed by atoms with Crippen LogP contribution >= 0.6 is 35.7 Å². The summed E-state index contributed by atoms with van der Waals surface area (Å²) < 4.78 is 0. The number of hydrogen-bond donors (Lipinski definition) is 3. The van der Waals surface area contributed by atoms with Crippen molar-refractivity contribution in [1.82, 2.24) is 16.0 Å². The first-order valence-corrected chi connectivity index (χ1v) is 9.31. The number of thioether (sulfide) groups is 1. The van der Waals surface area contributed by atoms with Gasteiger partial charge in [-0.25, -0.2) is 0 Å². The largest absolute Gasteiger partial charge is 0.357 e. The van der Waals surface area contributed by atoms with E-state index in [-0.39, 0.29) is 29.9 Å². The standard InChI is InChI=1S/C17H26N4OS.HI/c1-2-18-17(21-13-15-9-6-12-23-15)20-11-10-19-16(22)14-7-4-3-5-8-14;/h3-5,7-8,15H,2,6,9-13H2,1H3,(H,19,22)(H2,18,20,21);1H. The molecule has 0 bridgehead atoms. The molecule has 0 spiro atoms. The molecule has 0 saturated carbocycles. The quantitative estimate of drug-likeness (QED) is 0.252. The van der Waals surface area contributed by atoms with Gasteiger partial charge in [-0.05, 0) is 37.7 Å². The third-order valence-electron chi connectivity index (χ3n) is 3.56. The predicted octanol–water partition coefficient (Wildman–Crippen LogP) is 2.49. The molecular formula is C17H27IN4OS. The average Bonchev–Trinajstić information content (AvgIpc) is 3.10. The van der Waals surface area contributed by atoms with Gasteiger partial charge in [-0.2, -0.15) is 11.8 Å². The van der Waals surface area contributed by atoms with Crippen LogP contribution < -0.4 is 16.0 Å². The maximum absolute atomic E-state index is 11.9. The second-order valence-electron chi connectivity index (χ2n) is 5.40. The summed E-state index contributed by atoms with van der Waals surface area (Å²) in [6.45, 7) is 4.97. The molecule has 1 heterocycles. The van der Waals surface area contributed by atoms with Gasteiger partial charge in [-0.15, -0.1) is 24.0 Å². The lowest BCUT2D eigenvalue weighted by atomic mass is 10.2. The smallest absolute Gasteiger partial charge is 0.251 e. The van der Waals surface area contributed by atoms with Crippen LogP contribution in [0.4, 0.5) is 0 Å². The summed E-state index contributed by atoms with van der Waals surface area (Å²) in [5, 5.41) is 10.1. The molecule has 1 aliphatic rings. The Labute approximate surface area is 165 Å². The summed E-state index contributed by atoms with van der Waals surface area (Å²) in [5.74, 6) is 2.04. The fourth-order valence-corrected chi connectivity index (χ4v) is 3.55. The normalized spacial score (nSPS) is 17.0. The Morgan fingerprint density at radius 2 is 1.96 bits per heavy atom. The van der Waals surface area contributed by atoms with Gasteiger partial charge in [-0.1, -0.05) is 18.2 Å². The van der Waals surface area contributed by atoms with Crippen molar-refractivity contribution in [3.63, 3.8) is 0 Å². The monoisotopic (exact) mass is 462 g/mol. The number of halogens is 1. The minimum atomic E-state index is -0.0447. The van der Waals surface area contributed by atoms with E-state index in [2.05, 4.69) is 27.9 Å². The first kappa shape index (κ1) is 21.1. The van der Waals surface area contributed by atoms with Crippen molar-refractivity contribution in [2.24, 2.45) is 4.99 Å². The van der Waals surface area contributed by atoms with Gasteiger partial charge in [0.2, 0.25) is 0 Å². The molecule has 2 rings (SSSR count). The molecule has 1 fully saturated rings. The summed E-state index contributed by atoms with van der Waals surface area (Å²) in [7, 11) is 0. The second kappa shape index (κ2) is 12.4. The summed E-state index contributed by atoms with van der Waals surface area (Å²) in [4.78, 5) is 16.6. The van der Waals surface area contributed by atoms with Crippen molar-refractivity contribution < 1.29 is 4.79 Å². The maximum atomic E-state index is 11.9. The lowest BCUT2D eigenvalue weighted by Crippen LogP contribution is -2.41. The zero-order chi connectivity index (χ0) is 16.3. The van der Waals surface area contributed by atoms with Gasteiger partial charge in [0.1, 0.15) is 0 Å². The number of aliphatic imine (C=N–C) groups is 1. The molecule has 7 heteroatoms. The fraction of sp³-hybridized carbons (Fsp3) is 0.529. The van der Waals surface area contributed by atoms with Crippen LogP contribution in [0.5, 0.6) is 0 Å². The van der Waals surface area contributed by atoms with Crippen LogP contribution in [0.3, 0.4) is 0 Å². The molecule has 0 aromatic heterocycles. The van der Waals surface area contributed by atoms with Crippen LogP contribution in [0.15, 0.2) is 35.3 Å². The molecule has 5 nitrogen and oxygen atoms in total. The van der Waals surface area contributed by atoms with Crippen LogP contribution in [-0.2, 0) is 0 Å². The van der Waals surface area contributed by atoms with E-state index in [1.54, 1.807) is 0 Å². The Hall–Kier alpha value is -0.960. The highest BCUT2D eigenvalue weighted by atomic mass is 127. The van der Waals surface area contributed by atoms with Crippen molar-refractivity contribution in [2.45, 2.75) is 25.0 Å². The molecule has 1 aliphatic heterocycles. The Morgan fingerprint density at radius 1 is 1.21 bits per heavy atom. The van der Waals surface area contributed by atoms with E-state index >= 15 is 0 Å². The van der Waals surface area contributed by atoms with E-state index in [1.165, 1.54) is 18.6 Å². The molecule has 1 aromatic carbocycles. The molecule has 1 unspecified atom stereocenters. The minimum absolute atomic E-state index is 0. The number of hydrogen-bond acceptors (Lipinski definition) is 3. The van der Waals surface area contributed by atoms with E-state index in [0.717, 1.165) is 19.0 Å². The number of carbonyl (C=O) groups excluding carboxylic acids is 1. The molecule has 1 atom stereocenters. The van der Waals surface area contributed by atoms with Crippen LogP contribution in [0.1, 0.15) is 30.1 Å². The van der Waals surface area contributed by atoms with Gasteiger partial charge < -0.3 is 16.0 Å². The van der Waals surface area contributed by atoms with Crippen LogP contribution in [0.25, 0.3) is 0 Å². The van der Waals surface area contributed by atoms with E-state index in [9.17, 15) is 4.79 Å². The van der Waals surface area contributed by atoms with Gasteiger partial charge in [0, 0.05) is 30.4 Å². The van der Waals surface area contributed by atoms with E-state index in [4.69, 9.17) is 0 Å². The molecular weight excluding hydrogens is 435 g/mol. The van der Waals surface area contributed by atoms with Gasteiger partial charge in [0.05, 0.1) is 6.54 Å². The highest BCUT2D eigenvalue weighted by Crippen LogP contribution is 2.25. The number of amides is 1. The van der Waals surface area contributed by atoms with Crippen molar-refractivity contribution in [1.29, 1.82) is 0 Å². The van der Waals surface area contributed by atoms with Gasteiger partial charge >= 0.3 is 0 Å². The van der Waals surface area contributed by atoms with Crippen molar-refractivity contribution >= 4 is 47.6 Å². The number of benzene rings is 1. The Morgan fingerprint density at radius 3 is 2.62 bits per heavy atom. The van der Waals surface area contributed by atoms with Crippen molar-refractivity contribution in [3.8, 4) is 0 Å². The molecule has 1 saturated heterocycles. The number of nitrogens with one attached hydrogen (secondary N) is 3. The molecule has 134 valence electrons. The SMILES string of the molecule is CCNC(=NCC1CCCS1)NCCNC(=O)c1ccccc1.I. The number of carbonyl (C=O) groups is 1. The minimum Gasteiger partial charge on any atom is -0.357 e. The molecule has 1 amide bonds. The molecule has 3 N–H and O–H groups in total. The molecule has 24 heavy (non-hydrogen) atoms. The molecule has 0 radical (unpaired) electrons. The topological polar surface area (TPSA) is 65.5 Å². The molecule has 1 aromatic rings. The van der Waals surface area contributed by atoms with Crippen LogP contribution in [0.2, 0.25) is 0 Å². The predicted molar refractivity (Wildman–Crippen MR) is 114 cm³/mol. The third-order valence-corrected chi connectivity index (χ3v) is 4.94. The summed E-state index contributed by atoms with van der Waals surface area (Å²) in [6, 6.07) is 9.26. The van der Waals surface area contributed by atoms with E-state index < -0.39 is 0 Å². The lowest BCUT2D eigenvalue weighted by molar-refractivity contribution is 0.0954. The number of guanidine groups is 1.